The normalized spacial score (nSPS) is 11.2. The van der Waals surface area contributed by atoms with E-state index in [9.17, 15) is 4.79 Å². The van der Waals surface area contributed by atoms with Crippen LogP contribution in [0.25, 0.3) is 33.5 Å². The van der Waals surface area contributed by atoms with Crippen LogP contribution in [-0.2, 0) is 0 Å². The Labute approximate surface area is 162 Å². The third kappa shape index (κ3) is 2.89. The van der Waals surface area contributed by atoms with Gasteiger partial charge in [-0.05, 0) is 36.4 Å². The number of hydrogen-bond acceptors (Lipinski definition) is 7. The van der Waals surface area contributed by atoms with Gasteiger partial charge in [-0.1, -0.05) is 12.1 Å². The molecule has 0 saturated carbocycles. The van der Waals surface area contributed by atoms with Crippen molar-refractivity contribution < 1.29 is 18.4 Å². The summed E-state index contributed by atoms with van der Waals surface area (Å²) in [4.78, 5) is 21.0. The van der Waals surface area contributed by atoms with Crippen molar-refractivity contribution in [2.24, 2.45) is 0 Å². The van der Waals surface area contributed by atoms with Gasteiger partial charge >= 0.3 is 5.91 Å². The van der Waals surface area contributed by atoms with Crippen molar-refractivity contribution in [2.75, 3.05) is 12.4 Å². The largest absolute Gasteiger partial charge is 0.497 e. The molecule has 3 aromatic heterocycles. The van der Waals surface area contributed by atoms with Crippen molar-refractivity contribution in [3.05, 3.63) is 59.8 Å². The zero-order valence-corrected chi connectivity index (χ0v) is 15.4. The minimum absolute atomic E-state index is 0.00576. The summed E-state index contributed by atoms with van der Waals surface area (Å²) in [5, 5.41) is 5.87. The number of amides is 1. The van der Waals surface area contributed by atoms with Crippen LogP contribution in [0.5, 0.6) is 5.75 Å². The Hall–Kier alpha value is -3.65. The van der Waals surface area contributed by atoms with Crippen molar-refractivity contribution in [1.82, 2.24) is 9.97 Å². The van der Waals surface area contributed by atoms with E-state index < -0.39 is 5.91 Å². The molecule has 0 fully saturated rings. The first kappa shape index (κ1) is 16.5. The summed E-state index contributed by atoms with van der Waals surface area (Å²) < 4.78 is 16.6. The van der Waals surface area contributed by atoms with Crippen LogP contribution in [0.4, 0.5) is 5.13 Å². The van der Waals surface area contributed by atoms with Gasteiger partial charge in [0, 0.05) is 10.8 Å². The maximum absolute atomic E-state index is 12.4. The molecule has 1 amide bonds. The Morgan fingerprint density at radius 3 is 2.82 bits per heavy atom. The molecule has 0 saturated heterocycles. The summed E-state index contributed by atoms with van der Waals surface area (Å²) in [6.45, 7) is 0. The van der Waals surface area contributed by atoms with Crippen molar-refractivity contribution in [3.63, 3.8) is 0 Å². The molecule has 3 heterocycles. The van der Waals surface area contributed by atoms with Gasteiger partial charge in [0.15, 0.2) is 16.5 Å². The molecule has 0 atom stereocenters. The first-order chi connectivity index (χ1) is 13.7. The van der Waals surface area contributed by atoms with E-state index in [0.717, 1.165) is 16.7 Å². The second-order valence-electron chi connectivity index (χ2n) is 5.99. The minimum atomic E-state index is -0.452. The zero-order valence-electron chi connectivity index (χ0n) is 14.6. The Morgan fingerprint density at radius 1 is 1.07 bits per heavy atom. The van der Waals surface area contributed by atoms with Gasteiger partial charge in [0.1, 0.15) is 22.5 Å². The molecule has 0 radical (unpaired) electrons. The summed E-state index contributed by atoms with van der Waals surface area (Å²) in [6, 6.07) is 14.7. The summed E-state index contributed by atoms with van der Waals surface area (Å²) >= 11 is 1.29. The van der Waals surface area contributed by atoms with E-state index in [2.05, 4.69) is 15.3 Å². The Kier molecular flexibility index (Phi) is 3.84. The highest BCUT2D eigenvalue weighted by atomic mass is 32.1. The number of benzene rings is 2. The molecule has 0 aliphatic heterocycles. The number of oxazole rings is 1. The Bertz CT molecular complexity index is 1280. The van der Waals surface area contributed by atoms with E-state index in [-0.39, 0.29) is 5.89 Å². The molecule has 0 aliphatic carbocycles. The summed E-state index contributed by atoms with van der Waals surface area (Å²) in [6.07, 6.45) is 0. The van der Waals surface area contributed by atoms with Gasteiger partial charge in [0.05, 0.1) is 7.11 Å². The maximum atomic E-state index is 12.4. The highest BCUT2D eigenvalue weighted by molar-refractivity contribution is 7.14. The van der Waals surface area contributed by atoms with Gasteiger partial charge in [-0.25, -0.2) is 9.97 Å². The van der Waals surface area contributed by atoms with Crippen molar-refractivity contribution in [3.8, 4) is 17.2 Å². The summed E-state index contributed by atoms with van der Waals surface area (Å²) in [7, 11) is 1.62. The standard InChI is InChI=1S/C20H13N3O4S/c1-25-12-6-7-15-11(8-12)9-17(26-15)14-10-28-20(22-14)23-18(24)19-21-13-4-2-3-5-16(13)27-19/h2-10H,1H3,(H,22,23,24). The number of para-hydroxylation sites is 2. The first-order valence-electron chi connectivity index (χ1n) is 8.40. The van der Waals surface area contributed by atoms with Gasteiger partial charge < -0.3 is 13.6 Å². The number of furan rings is 1. The molecule has 7 nitrogen and oxygen atoms in total. The monoisotopic (exact) mass is 391 g/mol. The van der Waals surface area contributed by atoms with Crippen LogP contribution in [0.3, 0.4) is 0 Å². The SMILES string of the molecule is COc1ccc2oc(-c3csc(NC(=O)c4nc5ccccc5o4)n3)cc2c1. The van der Waals surface area contributed by atoms with Crippen LogP contribution < -0.4 is 10.1 Å². The van der Waals surface area contributed by atoms with Crippen LogP contribution in [0.2, 0.25) is 0 Å². The van der Waals surface area contributed by atoms with Gasteiger partial charge in [-0.2, -0.15) is 0 Å². The summed E-state index contributed by atoms with van der Waals surface area (Å²) in [5.41, 5.74) is 2.56. The van der Waals surface area contributed by atoms with E-state index in [1.807, 2.05) is 41.8 Å². The molecule has 28 heavy (non-hydrogen) atoms. The molecular weight excluding hydrogens is 378 g/mol. The van der Waals surface area contributed by atoms with Crippen LogP contribution in [0.15, 0.2) is 62.7 Å². The molecular formula is C20H13N3O4S. The highest BCUT2D eigenvalue weighted by Gasteiger charge is 2.17. The van der Waals surface area contributed by atoms with Crippen LogP contribution in [-0.4, -0.2) is 23.0 Å². The second-order valence-corrected chi connectivity index (χ2v) is 6.85. The van der Waals surface area contributed by atoms with Gasteiger partial charge in [0.2, 0.25) is 0 Å². The average Bonchev–Trinajstić information content (AvgIpc) is 3.44. The van der Waals surface area contributed by atoms with E-state index in [0.29, 0.717) is 27.7 Å². The number of carbonyl (C=O) groups is 1. The number of nitrogens with zero attached hydrogens (tertiary/aromatic N) is 2. The second kappa shape index (κ2) is 6.50. The third-order valence-electron chi connectivity index (χ3n) is 4.19. The number of ether oxygens (including phenoxy) is 1. The predicted molar refractivity (Wildman–Crippen MR) is 106 cm³/mol. The molecule has 0 aliphatic rings. The quantitative estimate of drug-likeness (QED) is 0.466. The average molecular weight is 391 g/mol. The molecule has 1 N–H and O–H groups in total. The number of methoxy groups -OCH3 is 1. The molecule has 5 rings (SSSR count). The predicted octanol–water partition coefficient (Wildman–Crippen LogP) is 4.96. The van der Waals surface area contributed by atoms with Gasteiger partial charge in [-0.3, -0.25) is 10.1 Å². The number of fused-ring (bicyclic) bond motifs is 2. The Balaban J connectivity index is 1.39. The molecule has 5 aromatic rings. The lowest BCUT2D eigenvalue weighted by Gasteiger charge is -1.96. The lowest BCUT2D eigenvalue weighted by atomic mass is 10.2. The van der Waals surface area contributed by atoms with E-state index in [1.165, 1.54) is 11.3 Å². The fourth-order valence-electron chi connectivity index (χ4n) is 2.84. The Morgan fingerprint density at radius 2 is 1.96 bits per heavy atom. The molecule has 0 unspecified atom stereocenters. The van der Waals surface area contributed by atoms with E-state index in [1.54, 1.807) is 19.2 Å². The molecule has 2 aromatic carbocycles. The molecule has 138 valence electrons. The highest BCUT2D eigenvalue weighted by Crippen LogP contribution is 2.32. The fraction of sp³-hybridized carbons (Fsp3) is 0.0500. The topological polar surface area (TPSA) is 90.4 Å². The van der Waals surface area contributed by atoms with E-state index in [4.69, 9.17) is 13.6 Å². The minimum Gasteiger partial charge on any atom is -0.497 e. The van der Waals surface area contributed by atoms with Gasteiger partial charge in [-0.15, -0.1) is 11.3 Å². The number of nitrogens with one attached hydrogen (secondary N) is 1. The summed E-state index contributed by atoms with van der Waals surface area (Å²) in [5.74, 6) is 0.909. The smallest absolute Gasteiger partial charge is 0.313 e. The number of rotatable bonds is 4. The lowest BCUT2D eigenvalue weighted by molar-refractivity contribution is 0.0992. The molecule has 0 bridgehead atoms. The zero-order chi connectivity index (χ0) is 19.1. The number of aromatic nitrogens is 2. The van der Waals surface area contributed by atoms with Gasteiger partial charge in [0.25, 0.3) is 5.89 Å². The lowest BCUT2D eigenvalue weighted by Crippen LogP contribution is -2.11. The van der Waals surface area contributed by atoms with Crippen LogP contribution in [0, 0.1) is 0 Å². The number of thiazole rings is 1. The molecule has 8 heteroatoms. The third-order valence-corrected chi connectivity index (χ3v) is 4.95. The van der Waals surface area contributed by atoms with Crippen molar-refractivity contribution in [2.45, 2.75) is 0 Å². The van der Waals surface area contributed by atoms with Crippen LogP contribution in [0.1, 0.15) is 10.7 Å². The van der Waals surface area contributed by atoms with E-state index >= 15 is 0 Å². The number of hydrogen-bond donors (Lipinski definition) is 1. The first-order valence-corrected chi connectivity index (χ1v) is 9.28. The number of anilines is 1. The van der Waals surface area contributed by atoms with Crippen molar-refractivity contribution >= 4 is 44.4 Å². The maximum Gasteiger partial charge on any atom is 0.313 e. The van der Waals surface area contributed by atoms with Crippen LogP contribution >= 0.6 is 11.3 Å². The van der Waals surface area contributed by atoms with Crippen molar-refractivity contribution in [1.29, 1.82) is 0 Å². The molecule has 0 spiro atoms. The fourth-order valence-corrected chi connectivity index (χ4v) is 3.53. The number of carbonyl (C=O) groups excluding carboxylic acids is 1.